The molecule has 1 atom stereocenters. The van der Waals surface area contributed by atoms with Crippen molar-refractivity contribution in [2.75, 3.05) is 6.79 Å². The minimum absolute atomic E-state index is 0.00606. The van der Waals surface area contributed by atoms with Crippen LogP contribution in [0.25, 0.3) is 0 Å². The Morgan fingerprint density at radius 3 is 2.92 bits per heavy atom. The number of nitrogens with one attached hydrogen (secondary N) is 1. The van der Waals surface area contributed by atoms with Gasteiger partial charge in [-0.3, -0.25) is 10.1 Å². The number of rotatable bonds is 5. The van der Waals surface area contributed by atoms with E-state index in [1.807, 2.05) is 31.2 Å². The summed E-state index contributed by atoms with van der Waals surface area (Å²) in [7, 11) is 0. The highest BCUT2D eigenvalue weighted by atomic mass is 35.5. The van der Waals surface area contributed by atoms with Gasteiger partial charge in [0.15, 0.2) is 6.79 Å². The first-order chi connectivity index (χ1) is 11.6. The maximum absolute atomic E-state index is 11.1. The van der Waals surface area contributed by atoms with E-state index < -0.39 is 4.92 Å². The van der Waals surface area contributed by atoms with E-state index in [9.17, 15) is 10.1 Å². The molecule has 0 aromatic heterocycles. The normalized spacial score (nSPS) is 14.6. The minimum Gasteiger partial charge on any atom is -0.467 e. The van der Waals surface area contributed by atoms with E-state index >= 15 is 0 Å². The smallest absolute Gasteiger partial charge is 0.270 e. The van der Waals surface area contributed by atoms with E-state index in [0.717, 1.165) is 11.1 Å². The van der Waals surface area contributed by atoms with Gasteiger partial charge in [0.2, 0.25) is 0 Å². The maximum Gasteiger partial charge on any atom is 0.270 e. The summed E-state index contributed by atoms with van der Waals surface area (Å²) >= 11 is 6.21. The number of ether oxygens (including phenoxy) is 2. The molecule has 7 heteroatoms. The lowest BCUT2D eigenvalue weighted by atomic mass is 10.0. The van der Waals surface area contributed by atoms with Crippen LogP contribution in [0, 0.1) is 10.1 Å². The van der Waals surface area contributed by atoms with Crippen molar-refractivity contribution >= 4 is 17.3 Å². The fourth-order valence-electron chi connectivity index (χ4n) is 2.72. The van der Waals surface area contributed by atoms with Crippen LogP contribution in [0.3, 0.4) is 0 Å². The van der Waals surface area contributed by atoms with E-state index in [1.165, 1.54) is 12.1 Å². The van der Waals surface area contributed by atoms with Crippen LogP contribution in [-0.4, -0.2) is 11.7 Å². The molecule has 0 amide bonds. The standard InChI is InChI=1S/C17H17ClN2O4/c1-11(15-4-2-3-5-16(15)18)19-8-12-6-14(20(21)22)7-13-9-23-10-24-17(12)13/h2-7,11,19H,8-10H2,1H3/t11-/m0/s1. The van der Waals surface area contributed by atoms with E-state index in [4.69, 9.17) is 21.1 Å². The van der Waals surface area contributed by atoms with Crippen molar-refractivity contribution in [3.8, 4) is 5.75 Å². The van der Waals surface area contributed by atoms with Gasteiger partial charge in [-0.25, -0.2) is 0 Å². The Bertz CT molecular complexity index is 766. The first-order valence-corrected chi connectivity index (χ1v) is 7.92. The minimum atomic E-state index is -0.407. The summed E-state index contributed by atoms with van der Waals surface area (Å²) in [5.74, 6) is 0.658. The van der Waals surface area contributed by atoms with Gasteiger partial charge in [-0.2, -0.15) is 0 Å². The van der Waals surface area contributed by atoms with Crippen molar-refractivity contribution in [1.82, 2.24) is 5.32 Å². The summed E-state index contributed by atoms with van der Waals surface area (Å²) in [4.78, 5) is 10.7. The molecule has 1 aliphatic rings. The van der Waals surface area contributed by atoms with E-state index in [1.54, 1.807) is 0 Å². The Morgan fingerprint density at radius 2 is 2.17 bits per heavy atom. The number of nitro groups is 1. The van der Waals surface area contributed by atoms with Crippen molar-refractivity contribution in [2.24, 2.45) is 0 Å². The molecule has 1 aliphatic heterocycles. The molecule has 0 saturated heterocycles. The number of non-ortho nitro benzene ring substituents is 1. The molecule has 1 heterocycles. The first kappa shape index (κ1) is 16.7. The molecule has 126 valence electrons. The number of nitro benzene ring substituents is 1. The highest BCUT2D eigenvalue weighted by Gasteiger charge is 2.21. The Hall–Kier alpha value is -2.15. The second-order valence-electron chi connectivity index (χ2n) is 5.59. The zero-order valence-electron chi connectivity index (χ0n) is 13.1. The Balaban J connectivity index is 1.83. The molecule has 6 nitrogen and oxygen atoms in total. The van der Waals surface area contributed by atoms with Crippen LogP contribution in [-0.2, 0) is 17.9 Å². The lowest BCUT2D eigenvalue weighted by Crippen LogP contribution is -2.21. The Kier molecular flexibility index (Phi) is 4.99. The van der Waals surface area contributed by atoms with Gasteiger partial charge in [-0.1, -0.05) is 29.8 Å². The van der Waals surface area contributed by atoms with Gasteiger partial charge in [0.25, 0.3) is 5.69 Å². The summed E-state index contributed by atoms with van der Waals surface area (Å²) < 4.78 is 10.8. The van der Waals surface area contributed by atoms with Crippen molar-refractivity contribution in [2.45, 2.75) is 26.1 Å². The Morgan fingerprint density at radius 1 is 1.38 bits per heavy atom. The molecule has 2 aromatic rings. The van der Waals surface area contributed by atoms with Crippen LogP contribution in [0.4, 0.5) is 5.69 Å². The van der Waals surface area contributed by atoms with Crippen molar-refractivity contribution in [3.63, 3.8) is 0 Å². The molecule has 2 aromatic carbocycles. The molecule has 0 spiro atoms. The van der Waals surface area contributed by atoms with E-state index in [2.05, 4.69) is 5.32 Å². The van der Waals surface area contributed by atoms with Gasteiger partial charge in [-0.15, -0.1) is 0 Å². The number of nitrogens with zero attached hydrogens (tertiary/aromatic N) is 1. The molecule has 0 bridgehead atoms. The number of benzene rings is 2. The van der Waals surface area contributed by atoms with E-state index in [0.29, 0.717) is 29.5 Å². The monoisotopic (exact) mass is 348 g/mol. The lowest BCUT2D eigenvalue weighted by Gasteiger charge is -2.22. The first-order valence-electron chi connectivity index (χ1n) is 7.55. The van der Waals surface area contributed by atoms with Gasteiger partial charge in [-0.05, 0) is 18.6 Å². The molecular formula is C17H17ClN2O4. The third-order valence-corrected chi connectivity index (χ3v) is 4.30. The van der Waals surface area contributed by atoms with Crippen LogP contribution in [0.5, 0.6) is 5.75 Å². The van der Waals surface area contributed by atoms with Crippen molar-refractivity contribution in [3.05, 3.63) is 68.2 Å². The summed E-state index contributed by atoms with van der Waals surface area (Å²) in [5, 5.41) is 15.2. The van der Waals surface area contributed by atoms with Gasteiger partial charge < -0.3 is 14.8 Å². The fourth-order valence-corrected chi connectivity index (χ4v) is 3.02. The zero-order chi connectivity index (χ0) is 17.1. The van der Waals surface area contributed by atoms with Crippen LogP contribution < -0.4 is 10.1 Å². The average molecular weight is 349 g/mol. The molecule has 1 N–H and O–H groups in total. The van der Waals surface area contributed by atoms with Crippen LogP contribution in [0.1, 0.15) is 29.7 Å². The molecule has 0 saturated carbocycles. The third-order valence-electron chi connectivity index (χ3n) is 3.95. The predicted octanol–water partition coefficient (Wildman–Crippen LogP) is 3.97. The SMILES string of the molecule is C[C@H](NCc1cc([N+](=O)[O-])cc2c1OCOC2)c1ccccc1Cl. The summed E-state index contributed by atoms with van der Waals surface area (Å²) in [6.45, 7) is 2.88. The Labute approximate surface area is 144 Å². The fraction of sp³-hybridized carbons (Fsp3) is 0.294. The van der Waals surface area contributed by atoms with Crippen LogP contribution in [0.15, 0.2) is 36.4 Å². The molecule has 0 aliphatic carbocycles. The van der Waals surface area contributed by atoms with Crippen molar-refractivity contribution < 1.29 is 14.4 Å². The van der Waals surface area contributed by atoms with E-state index in [-0.39, 0.29) is 18.5 Å². The molecule has 0 fully saturated rings. The summed E-state index contributed by atoms with van der Waals surface area (Å²) in [6.07, 6.45) is 0. The maximum atomic E-state index is 11.1. The quantitative estimate of drug-likeness (QED) is 0.653. The molecule has 3 rings (SSSR count). The number of hydrogen-bond donors (Lipinski definition) is 1. The van der Waals surface area contributed by atoms with Gasteiger partial charge in [0.1, 0.15) is 5.75 Å². The topological polar surface area (TPSA) is 73.6 Å². The third kappa shape index (κ3) is 3.51. The van der Waals surface area contributed by atoms with Gasteiger partial charge in [0, 0.05) is 40.9 Å². The van der Waals surface area contributed by atoms with Gasteiger partial charge in [0.05, 0.1) is 11.5 Å². The number of hydrogen-bond acceptors (Lipinski definition) is 5. The number of fused-ring (bicyclic) bond motifs is 1. The number of halogens is 1. The highest BCUT2D eigenvalue weighted by Crippen LogP contribution is 2.33. The summed E-state index contributed by atoms with van der Waals surface area (Å²) in [6, 6.07) is 10.6. The molecule has 0 unspecified atom stereocenters. The van der Waals surface area contributed by atoms with Crippen LogP contribution >= 0.6 is 11.6 Å². The average Bonchev–Trinajstić information content (AvgIpc) is 2.59. The molecule has 24 heavy (non-hydrogen) atoms. The molecule has 0 radical (unpaired) electrons. The van der Waals surface area contributed by atoms with Crippen molar-refractivity contribution in [1.29, 1.82) is 0 Å². The van der Waals surface area contributed by atoms with Gasteiger partial charge >= 0.3 is 0 Å². The predicted molar refractivity (Wildman–Crippen MR) is 90.1 cm³/mol. The summed E-state index contributed by atoms with van der Waals surface area (Å²) in [5.41, 5.74) is 2.44. The second-order valence-corrected chi connectivity index (χ2v) is 5.99. The lowest BCUT2D eigenvalue weighted by molar-refractivity contribution is -0.385. The largest absolute Gasteiger partial charge is 0.467 e. The highest BCUT2D eigenvalue weighted by molar-refractivity contribution is 6.31. The molecular weight excluding hydrogens is 332 g/mol. The second kappa shape index (κ2) is 7.17. The zero-order valence-corrected chi connectivity index (χ0v) is 13.9. The van der Waals surface area contributed by atoms with Crippen LogP contribution in [0.2, 0.25) is 5.02 Å².